The summed E-state index contributed by atoms with van der Waals surface area (Å²) in [6.45, 7) is 1.83. The van der Waals surface area contributed by atoms with E-state index < -0.39 is 12.1 Å². The minimum absolute atomic E-state index is 0.0700. The highest BCUT2D eigenvalue weighted by molar-refractivity contribution is 5.72. The number of aliphatic carboxylic acids is 1. The van der Waals surface area contributed by atoms with Gasteiger partial charge < -0.3 is 15.6 Å². The molecule has 64 valence electrons. The third-order valence-corrected chi connectivity index (χ3v) is 1.91. The van der Waals surface area contributed by atoms with Gasteiger partial charge in [-0.2, -0.15) is 0 Å². The van der Waals surface area contributed by atoms with E-state index >= 15 is 0 Å². The van der Waals surface area contributed by atoms with E-state index in [1.54, 1.807) is 0 Å². The number of nitrogens with two attached hydrogens (primary N) is 1. The van der Waals surface area contributed by atoms with Crippen molar-refractivity contribution < 1.29 is 14.6 Å². The Morgan fingerprint density at radius 3 is 2.64 bits per heavy atom. The van der Waals surface area contributed by atoms with Crippen molar-refractivity contribution >= 4 is 5.97 Å². The zero-order valence-electron chi connectivity index (χ0n) is 6.49. The van der Waals surface area contributed by atoms with Crippen molar-refractivity contribution in [3.63, 3.8) is 0 Å². The van der Waals surface area contributed by atoms with Crippen molar-refractivity contribution in [2.45, 2.75) is 38.0 Å². The van der Waals surface area contributed by atoms with Crippen molar-refractivity contribution in [1.29, 1.82) is 0 Å². The first-order valence-corrected chi connectivity index (χ1v) is 3.75. The smallest absolute Gasteiger partial charge is 0.332 e. The minimum atomic E-state index is -0.881. The van der Waals surface area contributed by atoms with E-state index in [0.29, 0.717) is 6.42 Å². The molecule has 0 aromatic heterocycles. The van der Waals surface area contributed by atoms with Crippen LogP contribution in [-0.2, 0) is 9.53 Å². The molecule has 0 saturated carbocycles. The molecule has 4 nitrogen and oxygen atoms in total. The second-order valence-electron chi connectivity index (χ2n) is 2.94. The van der Waals surface area contributed by atoms with E-state index in [9.17, 15) is 4.79 Å². The van der Waals surface area contributed by atoms with Crippen LogP contribution in [0.2, 0.25) is 0 Å². The van der Waals surface area contributed by atoms with Gasteiger partial charge in [-0.25, -0.2) is 4.79 Å². The molecule has 1 saturated heterocycles. The van der Waals surface area contributed by atoms with Crippen LogP contribution in [0.1, 0.15) is 19.8 Å². The lowest BCUT2D eigenvalue weighted by Crippen LogP contribution is -2.32. The monoisotopic (exact) mass is 159 g/mol. The third kappa shape index (κ3) is 1.91. The van der Waals surface area contributed by atoms with Gasteiger partial charge >= 0.3 is 5.97 Å². The average molecular weight is 159 g/mol. The summed E-state index contributed by atoms with van der Waals surface area (Å²) in [4.78, 5) is 10.4. The van der Waals surface area contributed by atoms with E-state index in [-0.39, 0.29) is 12.1 Å². The molecule has 1 fully saturated rings. The van der Waals surface area contributed by atoms with Crippen molar-refractivity contribution in [2.75, 3.05) is 0 Å². The van der Waals surface area contributed by atoms with Gasteiger partial charge in [0.1, 0.15) is 0 Å². The topological polar surface area (TPSA) is 72.6 Å². The molecule has 4 heteroatoms. The summed E-state index contributed by atoms with van der Waals surface area (Å²) in [7, 11) is 0. The molecule has 11 heavy (non-hydrogen) atoms. The molecule has 0 bridgehead atoms. The molecule has 0 spiro atoms. The number of carboxylic acids is 1. The van der Waals surface area contributed by atoms with Gasteiger partial charge in [0, 0.05) is 6.04 Å². The molecule has 1 aliphatic heterocycles. The molecule has 0 aromatic carbocycles. The Labute approximate surface area is 65.3 Å². The van der Waals surface area contributed by atoms with Gasteiger partial charge in [0.25, 0.3) is 0 Å². The summed E-state index contributed by atoms with van der Waals surface area (Å²) in [5.41, 5.74) is 5.54. The summed E-state index contributed by atoms with van der Waals surface area (Å²) in [6.07, 6.45) is 0.637. The molecule has 0 amide bonds. The quantitative estimate of drug-likeness (QED) is 0.593. The highest BCUT2D eigenvalue weighted by atomic mass is 16.5. The van der Waals surface area contributed by atoms with Gasteiger partial charge in [0.05, 0.1) is 6.10 Å². The van der Waals surface area contributed by atoms with Crippen LogP contribution in [0.3, 0.4) is 0 Å². The Hall–Kier alpha value is -0.610. The lowest BCUT2D eigenvalue weighted by atomic mass is 10.1. The Morgan fingerprint density at radius 2 is 2.36 bits per heavy atom. The van der Waals surface area contributed by atoms with Crippen LogP contribution in [0.4, 0.5) is 0 Å². The fourth-order valence-electron chi connectivity index (χ4n) is 1.23. The first-order valence-electron chi connectivity index (χ1n) is 3.75. The van der Waals surface area contributed by atoms with Gasteiger partial charge in [0.2, 0.25) is 0 Å². The average Bonchev–Trinajstić information content (AvgIpc) is 2.33. The number of hydrogen-bond acceptors (Lipinski definition) is 3. The number of carbonyl (C=O) groups is 1. The maximum Gasteiger partial charge on any atom is 0.332 e. The van der Waals surface area contributed by atoms with Gasteiger partial charge in [0.15, 0.2) is 6.10 Å². The van der Waals surface area contributed by atoms with Gasteiger partial charge in [-0.05, 0) is 19.8 Å². The summed E-state index contributed by atoms with van der Waals surface area (Å²) >= 11 is 0. The first-order chi connectivity index (χ1) is 5.11. The predicted molar refractivity (Wildman–Crippen MR) is 39.2 cm³/mol. The number of rotatable bonds is 2. The summed E-state index contributed by atoms with van der Waals surface area (Å²) in [5, 5.41) is 8.55. The molecule has 3 N–H and O–H groups in total. The molecule has 0 aromatic rings. The lowest BCUT2D eigenvalue weighted by molar-refractivity contribution is -0.149. The first kappa shape index (κ1) is 8.49. The van der Waals surface area contributed by atoms with E-state index in [2.05, 4.69) is 0 Å². The van der Waals surface area contributed by atoms with Crippen molar-refractivity contribution in [3.05, 3.63) is 0 Å². The van der Waals surface area contributed by atoms with Crippen molar-refractivity contribution in [1.82, 2.24) is 0 Å². The van der Waals surface area contributed by atoms with Crippen molar-refractivity contribution in [2.24, 2.45) is 5.73 Å². The van der Waals surface area contributed by atoms with Crippen molar-refractivity contribution in [3.8, 4) is 0 Å². The molecule has 1 rings (SSSR count). The molecule has 1 aliphatic rings. The zero-order valence-corrected chi connectivity index (χ0v) is 6.49. The zero-order chi connectivity index (χ0) is 8.43. The van der Waals surface area contributed by atoms with Crippen LogP contribution in [0.25, 0.3) is 0 Å². The SMILES string of the molecule is C[C@H](N)[C@H]1CCC(C(=O)O)O1. The van der Waals surface area contributed by atoms with Crippen LogP contribution in [0.15, 0.2) is 0 Å². The fourth-order valence-corrected chi connectivity index (χ4v) is 1.23. The fraction of sp³-hybridized carbons (Fsp3) is 0.857. The van der Waals surface area contributed by atoms with Gasteiger partial charge in [-0.1, -0.05) is 0 Å². The largest absolute Gasteiger partial charge is 0.479 e. The normalized spacial score (nSPS) is 33.6. The maximum atomic E-state index is 10.4. The van der Waals surface area contributed by atoms with E-state index in [1.807, 2.05) is 6.92 Å². The summed E-state index contributed by atoms with van der Waals surface area (Å²) < 4.78 is 5.16. The minimum Gasteiger partial charge on any atom is -0.479 e. The Kier molecular flexibility index (Phi) is 2.46. The second-order valence-corrected chi connectivity index (χ2v) is 2.94. The number of hydrogen-bond donors (Lipinski definition) is 2. The highest BCUT2D eigenvalue weighted by Crippen LogP contribution is 2.21. The molecule has 0 aliphatic carbocycles. The van der Waals surface area contributed by atoms with Crippen LogP contribution >= 0.6 is 0 Å². The third-order valence-electron chi connectivity index (χ3n) is 1.91. The number of carboxylic acid groups (broad SMARTS) is 1. The summed E-state index contributed by atoms with van der Waals surface area (Å²) in [6, 6.07) is -0.0700. The second kappa shape index (κ2) is 3.19. The molecular weight excluding hydrogens is 146 g/mol. The van der Waals surface area contributed by atoms with Crippen LogP contribution in [-0.4, -0.2) is 29.3 Å². The van der Waals surface area contributed by atoms with Crippen LogP contribution in [0.5, 0.6) is 0 Å². The summed E-state index contributed by atoms with van der Waals surface area (Å²) in [5.74, 6) is -0.881. The van der Waals surface area contributed by atoms with E-state index in [0.717, 1.165) is 6.42 Å². The molecule has 1 heterocycles. The predicted octanol–water partition coefficient (Wildman–Crippen LogP) is -0.0342. The highest BCUT2D eigenvalue weighted by Gasteiger charge is 2.31. The maximum absolute atomic E-state index is 10.4. The van der Waals surface area contributed by atoms with Gasteiger partial charge in [-0.15, -0.1) is 0 Å². The number of ether oxygens (including phenoxy) is 1. The molecule has 0 radical (unpaired) electrons. The van der Waals surface area contributed by atoms with Gasteiger partial charge in [-0.3, -0.25) is 0 Å². The van der Waals surface area contributed by atoms with Crippen LogP contribution in [0, 0.1) is 0 Å². The molecular formula is C7H13NO3. The Morgan fingerprint density at radius 1 is 1.73 bits per heavy atom. The lowest BCUT2D eigenvalue weighted by Gasteiger charge is -2.13. The Balaban J connectivity index is 2.41. The molecule has 1 unspecified atom stereocenters. The standard InChI is InChI=1S/C7H13NO3/c1-4(8)5-2-3-6(11-5)7(9)10/h4-6H,2-3,8H2,1H3,(H,9,10)/t4-,5+,6?/m0/s1. The van der Waals surface area contributed by atoms with E-state index in [4.69, 9.17) is 15.6 Å². The van der Waals surface area contributed by atoms with E-state index in [1.165, 1.54) is 0 Å². The van der Waals surface area contributed by atoms with Crippen LogP contribution < -0.4 is 5.73 Å². The molecule has 3 atom stereocenters. The Bertz CT molecular complexity index is 158.